The van der Waals surface area contributed by atoms with Crippen LogP contribution in [0.1, 0.15) is 68.6 Å². The van der Waals surface area contributed by atoms with Crippen LogP contribution in [0.5, 0.6) is 0 Å². The van der Waals surface area contributed by atoms with E-state index in [2.05, 4.69) is 83.5 Å². The van der Waals surface area contributed by atoms with Crippen molar-refractivity contribution in [2.75, 3.05) is 31.5 Å². The predicted molar refractivity (Wildman–Crippen MR) is 145 cm³/mol. The Morgan fingerprint density at radius 1 is 1.17 bits per heavy atom. The van der Waals surface area contributed by atoms with Crippen molar-refractivity contribution in [1.82, 2.24) is 19.8 Å². The van der Waals surface area contributed by atoms with Crippen LogP contribution in [-0.2, 0) is 12.8 Å². The van der Waals surface area contributed by atoms with Crippen LogP contribution < -0.4 is 5.32 Å². The topological polar surface area (TPSA) is 47.2 Å². The molecule has 5 nitrogen and oxygen atoms in total. The number of aromatic amines is 1. The molecule has 1 aromatic carbocycles. The second-order valence-electron chi connectivity index (χ2n) is 10.7. The molecule has 6 rings (SSSR count). The summed E-state index contributed by atoms with van der Waals surface area (Å²) >= 11 is 0. The molecule has 2 atom stereocenters. The number of hydrogen-bond acceptors (Lipinski definition) is 4. The lowest BCUT2D eigenvalue weighted by molar-refractivity contribution is 0.150. The number of nitrogens with one attached hydrogen (secondary N) is 2. The number of fused-ring (bicyclic) bond motifs is 3. The predicted octanol–water partition coefficient (Wildman–Crippen LogP) is 5.69. The molecule has 0 radical (unpaired) electrons. The van der Waals surface area contributed by atoms with Gasteiger partial charge in [0, 0.05) is 42.3 Å². The normalized spacial score (nSPS) is 23.0. The van der Waals surface area contributed by atoms with E-state index < -0.39 is 0 Å². The molecule has 0 saturated carbocycles. The lowest BCUT2D eigenvalue weighted by Gasteiger charge is -2.44. The highest BCUT2D eigenvalue weighted by Crippen LogP contribution is 2.43. The van der Waals surface area contributed by atoms with E-state index in [0.717, 1.165) is 38.9 Å². The largest absolute Gasteiger partial charge is 0.378 e. The zero-order valence-electron chi connectivity index (χ0n) is 21.5. The van der Waals surface area contributed by atoms with Gasteiger partial charge in [-0.1, -0.05) is 50.1 Å². The van der Waals surface area contributed by atoms with E-state index in [1.165, 1.54) is 64.1 Å². The lowest BCUT2D eigenvalue weighted by Crippen LogP contribution is -2.54. The Balaban J connectivity index is 1.32. The third kappa shape index (κ3) is 4.09. The van der Waals surface area contributed by atoms with Crippen LogP contribution in [0.2, 0.25) is 0 Å². The summed E-state index contributed by atoms with van der Waals surface area (Å²) in [6.45, 7) is 11.4. The first-order valence-electron chi connectivity index (χ1n) is 13.7. The lowest BCUT2D eigenvalue weighted by atomic mass is 9.85. The molecule has 0 bridgehead atoms. The Labute approximate surface area is 209 Å². The average Bonchev–Trinajstić information content (AvgIpc) is 3.23. The van der Waals surface area contributed by atoms with Gasteiger partial charge in [-0.05, 0) is 62.4 Å². The van der Waals surface area contributed by atoms with E-state index in [4.69, 9.17) is 4.98 Å². The number of unbranched alkanes of at least 4 members (excludes halogenated alkanes) is 1. The number of anilines is 1. The molecule has 2 N–H and O–H groups in total. The van der Waals surface area contributed by atoms with Crippen molar-refractivity contribution in [3.05, 3.63) is 70.7 Å². The van der Waals surface area contributed by atoms with Gasteiger partial charge < -0.3 is 10.3 Å². The Bertz CT molecular complexity index is 1230. The number of likely N-dealkylation sites (tertiary alicyclic amines) is 1. The number of para-hydroxylation sites is 1. The Hall–Kier alpha value is -2.63. The maximum atomic E-state index is 5.18. The third-order valence-corrected chi connectivity index (χ3v) is 8.46. The summed E-state index contributed by atoms with van der Waals surface area (Å²) in [5, 5.41) is 5.14. The highest BCUT2D eigenvalue weighted by atomic mass is 15.2. The summed E-state index contributed by atoms with van der Waals surface area (Å²) in [5.41, 5.74) is 9.34. The van der Waals surface area contributed by atoms with Gasteiger partial charge in [0.15, 0.2) is 0 Å². The summed E-state index contributed by atoms with van der Waals surface area (Å²) in [7, 11) is 0. The fourth-order valence-corrected chi connectivity index (χ4v) is 6.34. The van der Waals surface area contributed by atoms with Gasteiger partial charge in [-0.25, -0.2) is 0 Å². The van der Waals surface area contributed by atoms with E-state index in [0.29, 0.717) is 12.1 Å². The van der Waals surface area contributed by atoms with E-state index in [-0.39, 0.29) is 6.04 Å². The first kappa shape index (κ1) is 22.8. The molecule has 2 unspecified atom stereocenters. The van der Waals surface area contributed by atoms with Gasteiger partial charge in [0.2, 0.25) is 0 Å². The number of hydrogen-bond donors (Lipinski definition) is 2. The number of rotatable bonds is 8. The third-order valence-electron chi connectivity index (χ3n) is 8.46. The molecular weight excluding hydrogens is 430 g/mol. The first-order valence-corrected chi connectivity index (χ1v) is 13.7. The minimum Gasteiger partial charge on any atom is -0.378 e. The Morgan fingerprint density at radius 2 is 2.03 bits per heavy atom. The molecule has 1 fully saturated rings. The Kier molecular flexibility index (Phi) is 6.15. The smallest absolute Gasteiger partial charge is 0.0938 e. The van der Waals surface area contributed by atoms with E-state index in [9.17, 15) is 0 Å². The second kappa shape index (κ2) is 9.44. The molecule has 35 heavy (non-hydrogen) atoms. The summed E-state index contributed by atoms with van der Waals surface area (Å²) in [6, 6.07) is 12.4. The van der Waals surface area contributed by atoms with Gasteiger partial charge in [-0.15, -0.1) is 0 Å². The van der Waals surface area contributed by atoms with Crippen LogP contribution >= 0.6 is 0 Å². The standard InChI is InChI=1S/C30H39N5/c1-4-6-14-34-18-23(19-34)32-22-16-21(5-2)28(31-17-22)30-29-25(24-9-7-8-10-26(24)33-29)13-15-35(30)27-12-11-20(27)3/h7-11,16-17,23,27,30,32-33H,4-6,12-15,18-19H2,1-3H3. The second-order valence-corrected chi connectivity index (χ2v) is 10.7. The van der Waals surface area contributed by atoms with E-state index in [1.807, 2.05) is 0 Å². The van der Waals surface area contributed by atoms with Gasteiger partial charge in [0.25, 0.3) is 0 Å². The van der Waals surface area contributed by atoms with Crippen LogP contribution in [0.4, 0.5) is 5.69 Å². The minimum atomic E-state index is 0.178. The van der Waals surface area contributed by atoms with Crippen LogP contribution in [-0.4, -0.2) is 58.0 Å². The zero-order chi connectivity index (χ0) is 23.9. The molecule has 5 heteroatoms. The van der Waals surface area contributed by atoms with Crippen LogP contribution in [0.3, 0.4) is 0 Å². The number of aromatic nitrogens is 2. The number of nitrogens with zero attached hydrogens (tertiary/aromatic N) is 3. The van der Waals surface area contributed by atoms with Gasteiger partial charge in [-0.2, -0.15) is 0 Å². The van der Waals surface area contributed by atoms with Gasteiger partial charge in [-0.3, -0.25) is 14.8 Å². The van der Waals surface area contributed by atoms with Gasteiger partial charge in [0.05, 0.1) is 29.7 Å². The number of aryl methyl sites for hydroxylation is 1. The van der Waals surface area contributed by atoms with E-state index in [1.54, 1.807) is 0 Å². The monoisotopic (exact) mass is 469 g/mol. The Morgan fingerprint density at radius 3 is 2.77 bits per heavy atom. The molecule has 184 valence electrons. The van der Waals surface area contributed by atoms with Crippen LogP contribution in [0.15, 0.2) is 48.2 Å². The molecule has 3 aliphatic rings. The molecule has 1 aliphatic carbocycles. The van der Waals surface area contributed by atoms with Crippen molar-refractivity contribution in [3.8, 4) is 0 Å². The fourth-order valence-electron chi connectivity index (χ4n) is 6.34. The summed E-state index contributed by atoms with van der Waals surface area (Å²) in [4.78, 5) is 14.3. The van der Waals surface area contributed by atoms with Crippen molar-refractivity contribution in [2.24, 2.45) is 0 Å². The molecular formula is C30H39N5. The molecule has 1 saturated heterocycles. The van der Waals surface area contributed by atoms with E-state index >= 15 is 0 Å². The molecule has 3 aromatic rings. The van der Waals surface area contributed by atoms with Crippen molar-refractivity contribution in [2.45, 2.75) is 71.0 Å². The van der Waals surface area contributed by atoms with Crippen molar-refractivity contribution < 1.29 is 0 Å². The zero-order valence-corrected chi connectivity index (χ0v) is 21.5. The SMILES string of the molecule is CCCCN1CC(Nc2cnc(C3c4[nH]c5ccccc5c4CCN3C3CC=C3C)c(CC)c2)C1. The molecule has 0 spiro atoms. The fraction of sp³-hybridized carbons (Fsp3) is 0.500. The maximum absolute atomic E-state index is 5.18. The number of H-pyrrole nitrogens is 1. The summed E-state index contributed by atoms with van der Waals surface area (Å²) < 4.78 is 0. The van der Waals surface area contributed by atoms with Gasteiger partial charge >= 0.3 is 0 Å². The number of pyridine rings is 1. The molecule has 2 aliphatic heterocycles. The highest BCUT2D eigenvalue weighted by Gasteiger charge is 2.39. The quantitative estimate of drug-likeness (QED) is 0.416. The van der Waals surface area contributed by atoms with Crippen molar-refractivity contribution in [1.29, 1.82) is 0 Å². The summed E-state index contributed by atoms with van der Waals surface area (Å²) in [5.74, 6) is 0. The van der Waals surface area contributed by atoms with Crippen molar-refractivity contribution >= 4 is 16.6 Å². The van der Waals surface area contributed by atoms with Crippen LogP contribution in [0.25, 0.3) is 10.9 Å². The first-order chi connectivity index (χ1) is 17.2. The summed E-state index contributed by atoms with van der Waals surface area (Å²) in [6.07, 6.45) is 10.3. The average molecular weight is 470 g/mol. The van der Waals surface area contributed by atoms with Crippen LogP contribution in [0, 0.1) is 0 Å². The molecule has 4 heterocycles. The number of benzene rings is 1. The highest BCUT2D eigenvalue weighted by molar-refractivity contribution is 5.85. The minimum absolute atomic E-state index is 0.178. The molecule has 2 aromatic heterocycles. The van der Waals surface area contributed by atoms with Gasteiger partial charge in [0.1, 0.15) is 0 Å². The molecule has 0 amide bonds. The maximum Gasteiger partial charge on any atom is 0.0938 e. The van der Waals surface area contributed by atoms with Crippen molar-refractivity contribution in [3.63, 3.8) is 0 Å².